The SMILES string of the molecule is CN1CN(c2ccnc(Oc3ccc4c5cc(-c6cccc7c6sc6ccccc67)ccc5n(-c5cc(C(C)(C)C)ccn5)c4c3)c2)c2ccccc21. The van der Waals surface area contributed by atoms with Gasteiger partial charge in [0.1, 0.15) is 11.6 Å². The second-order valence-corrected chi connectivity index (χ2v) is 15.9. The number of hydrogen-bond acceptors (Lipinski definition) is 6. The van der Waals surface area contributed by atoms with Crippen LogP contribution >= 0.6 is 11.3 Å². The van der Waals surface area contributed by atoms with Gasteiger partial charge in [0.15, 0.2) is 0 Å². The molecule has 4 aromatic heterocycles. The van der Waals surface area contributed by atoms with E-state index in [4.69, 9.17) is 9.72 Å². The summed E-state index contributed by atoms with van der Waals surface area (Å²) < 4.78 is 11.4. The Kier molecular flexibility index (Phi) is 7.10. The summed E-state index contributed by atoms with van der Waals surface area (Å²) >= 11 is 1.86. The lowest BCUT2D eigenvalue weighted by Crippen LogP contribution is -2.23. The van der Waals surface area contributed by atoms with E-state index in [-0.39, 0.29) is 5.41 Å². The van der Waals surface area contributed by atoms with E-state index in [1.807, 2.05) is 35.9 Å². The maximum absolute atomic E-state index is 6.55. The van der Waals surface area contributed by atoms with Crippen molar-refractivity contribution in [2.45, 2.75) is 26.2 Å². The normalized spacial score (nSPS) is 13.1. The summed E-state index contributed by atoms with van der Waals surface area (Å²) in [5.74, 6) is 2.14. The van der Waals surface area contributed by atoms with Crippen molar-refractivity contribution < 1.29 is 4.74 Å². The van der Waals surface area contributed by atoms with Crippen LogP contribution in [0.25, 0.3) is 58.9 Å². The molecule has 5 heterocycles. The molecule has 9 aromatic rings. The molecule has 0 saturated heterocycles. The summed E-state index contributed by atoms with van der Waals surface area (Å²) in [4.78, 5) is 14.1. The zero-order valence-electron chi connectivity index (χ0n) is 30.0. The first kappa shape index (κ1) is 31.5. The fourth-order valence-corrected chi connectivity index (χ4v) is 9.04. The number of fused-ring (bicyclic) bond motifs is 7. The van der Waals surface area contributed by atoms with Gasteiger partial charge in [0.25, 0.3) is 0 Å². The predicted octanol–water partition coefficient (Wildman–Crippen LogP) is 12.2. The van der Waals surface area contributed by atoms with E-state index in [9.17, 15) is 0 Å². The van der Waals surface area contributed by atoms with Gasteiger partial charge in [-0.05, 0) is 82.8 Å². The van der Waals surface area contributed by atoms with Crippen molar-refractivity contribution in [3.63, 3.8) is 0 Å². The molecule has 1 aliphatic rings. The highest BCUT2D eigenvalue weighted by Crippen LogP contribution is 2.43. The number of aromatic nitrogens is 3. The van der Waals surface area contributed by atoms with Crippen LogP contribution < -0.4 is 14.5 Å². The zero-order chi connectivity index (χ0) is 35.8. The third kappa shape index (κ3) is 5.22. The van der Waals surface area contributed by atoms with Crippen LogP contribution in [0.4, 0.5) is 17.1 Å². The Morgan fingerprint density at radius 2 is 1.47 bits per heavy atom. The Balaban J connectivity index is 1.11. The highest BCUT2D eigenvalue weighted by molar-refractivity contribution is 7.26. The molecule has 258 valence electrons. The van der Waals surface area contributed by atoms with E-state index in [1.165, 1.54) is 53.6 Å². The zero-order valence-corrected chi connectivity index (χ0v) is 30.9. The first-order valence-corrected chi connectivity index (χ1v) is 18.8. The first-order chi connectivity index (χ1) is 25.8. The van der Waals surface area contributed by atoms with Crippen molar-refractivity contribution in [1.82, 2.24) is 14.5 Å². The summed E-state index contributed by atoms with van der Waals surface area (Å²) in [5.41, 5.74) is 9.18. The van der Waals surface area contributed by atoms with Crippen LogP contribution in [0.1, 0.15) is 26.3 Å². The van der Waals surface area contributed by atoms with Crippen LogP contribution in [0, 0.1) is 0 Å². The Labute approximate surface area is 312 Å². The van der Waals surface area contributed by atoms with Gasteiger partial charge in [0.2, 0.25) is 5.88 Å². The van der Waals surface area contributed by atoms with Crippen LogP contribution in [-0.2, 0) is 5.41 Å². The number of rotatable bonds is 5. The van der Waals surface area contributed by atoms with Crippen LogP contribution in [0.2, 0.25) is 0 Å². The molecule has 0 aliphatic carbocycles. The molecule has 53 heavy (non-hydrogen) atoms. The van der Waals surface area contributed by atoms with Gasteiger partial charge >= 0.3 is 0 Å². The van der Waals surface area contributed by atoms with E-state index in [1.54, 1.807) is 0 Å². The van der Waals surface area contributed by atoms with Gasteiger partial charge in [-0.1, -0.05) is 75.4 Å². The topological polar surface area (TPSA) is 46.4 Å². The Morgan fingerprint density at radius 1 is 0.660 bits per heavy atom. The summed E-state index contributed by atoms with van der Waals surface area (Å²) in [6.45, 7) is 7.48. The average molecular weight is 708 g/mol. The van der Waals surface area contributed by atoms with Gasteiger partial charge in [0.05, 0.1) is 29.1 Å². The fraction of sp³-hybridized carbons (Fsp3) is 0.130. The van der Waals surface area contributed by atoms with Crippen LogP contribution in [-0.4, -0.2) is 28.3 Å². The van der Waals surface area contributed by atoms with Gasteiger partial charge in [-0.3, -0.25) is 4.57 Å². The first-order valence-electron chi connectivity index (χ1n) is 18.0. The molecule has 0 amide bonds. The number of para-hydroxylation sites is 2. The van der Waals surface area contributed by atoms with Gasteiger partial charge in [-0.2, -0.15) is 0 Å². The number of anilines is 3. The molecule has 1 aliphatic heterocycles. The number of nitrogens with zero attached hydrogens (tertiary/aromatic N) is 5. The van der Waals surface area contributed by atoms with Crippen molar-refractivity contribution >= 4 is 70.4 Å². The van der Waals surface area contributed by atoms with Gasteiger partial charge < -0.3 is 14.5 Å². The van der Waals surface area contributed by atoms with Crippen molar-refractivity contribution in [3.8, 4) is 28.6 Å². The lowest BCUT2D eigenvalue weighted by Gasteiger charge is -2.20. The molecular weight excluding hydrogens is 671 g/mol. The Morgan fingerprint density at radius 3 is 2.36 bits per heavy atom. The monoisotopic (exact) mass is 707 g/mol. The number of pyridine rings is 2. The molecule has 6 nitrogen and oxygen atoms in total. The number of benzene rings is 5. The molecule has 0 unspecified atom stereocenters. The minimum Gasteiger partial charge on any atom is -0.439 e. The minimum atomic E-state index is -0.0256. The molecule has 0 radical (unpaired) electrons. The van der Waals surface area contributed by atoms with E-state index in [0.29, 0.717) is 11.6 Å². The van der Waals surface area contributed by atoms with Crippen molar-refractivity contribution in [2.24, 2.45) is 0 Å². The second kappa shape index (κ2) is 11.9. The Bertz CT molecular complexity index is 2880. The van der Waals surface area contributed by atoms with E-state index < -0.39 is 0 Å². The second-order valence-electron chi connectivity index (χ2n) is 14.9. The molecule has 5 aromatic carbocycles. The number of ether oxygens (including phenoxy) is 1. The maximum Gasteiger partial charge on any atom is 0.221 e. The highest BCUT2D eigenvalue weighted by Gasteiger charge is 2.25. The predicted molar refractivity (Wildman–Crippen MR) is 222 cm³/mol. The third-order valence-corrected chi connectivity index (χ3v) is 11.7. The summed E-state index contributed by atoms with van der Waals surface area (Å²) in [6.07, 6.45) is 3.75. The molecule has 0 bridgehead atoms. The van der Waals surface area contributed by atoms with Crippen molar-refractivity contribution in [2.75, 3.05) is 23.5 Å². The largest absolute Gasteiger partial charge is 0.439 e. The van der Waals surface area contributed by atoms with Crippen molar-refractivity contribution in [1.29, 1.82) is 0 Å². The number of thiophene rings is 1. The maximum atomic E-state index is 6.55. The molecular formula is C46H37N5OS. The molecule has 7 heteroatoms. The van der Waals surface area contributed by atoms with Gasteiger partial charge in [0, 0.05) is 68.2 Å². The molecule has 10 rings (SSSR count). The lowest BCUT2D eigenvalue weighted by atomic mass is 9.88. The fourth-order valence-electron chi connectivity index (χ4n) is 7.80. The van der Waals surface area contributed by atoms with Gasteiger partial charge in [-0.15, -0.1) is 11.3 Å². The molecule has 0 atom stereocenters. The Hall–Kier alpha value is -6.18. The van der Waals surface area contributed by atoms with E-state index in [0.717, 1.165) is 34.6 Å². The van der Waals surface area contributed by atoms with E-state index >= 15 is 0 Å². The standard InChI is InChI=1S/C46H37N5OS/c1-46(2,3)30-20-22-47-43(25-30)51-38-19-16-29(33-11-9-12-36-35-10-5-8-15-42(35)53-45(33)36)24-37(38)34-18-17-32(27-41(34)51)52-44-26-31(21-23-48-44)50-28-49(4)39-13-6-7-14-40(39)50/h5-27H,28H2,1-4H3. The quantitative estimate of drug-likeness (QED) is 0.178. The number of hydrogen-bond donors (Lipinski definition) is 0. The highest BCUT2D eigenvalue weighted by atomic mass is 32.1. The summed E-state index contributed by atoms with van der Waals surface area (Å²) in [5, 5.41) is 4.91. The van der Waals surface area contributed by atoms with Crippen LogP contribution in [0.5, 0.6) is 11.6 Å². The lowest BCUT2D eigenvalue weighted by molar-refractivity contribution is 0.463. The van der Waals surface area contributed by atoms with Gasteiger partial charge in [-0.25, -0.2) is 9.97 Å². The van der Waals surface area contributed by atoms with Crippen LogP contribution in [0.3, 0.4) is 0 Å². The molecule has 0 fully saturated rings. The van der Waals surface area contributed by atoms with Crippen molar-refractivity contribution in [3.05, 3.63) is 145 Å². The average Bonchev–Trinajstić information content (AvgIpc) is 3.83. The molecule has 0 spiro atoms. The molecule has 0 N–H and O–H groups in total. The van der Waals surface area contributed by atoms with Crippen LogP contribution in [0.15, 0.2) is 140 Å². The minimum absolute atomic E-state index is 0.0256. The summed E-state index contributed by atoms with van der Waals surface area (Å²) in [6, 6.07) is 45.4. The third-order valence-electron chi connectivity index (χ3n) is 10.5. The van der Waals surface area contributed by atoms with E-state index in [2.05, 4.69) is 162 Å². The smallest absolute Gasteiger partial charge is 0.221 e. The molecule has 0 saturated carbocycles. The summed E-state index contributed by atoms with van der Waals surface area (Å²) in [7, 11) is 2.12.